The molecule has 2 N–H and O–H groups in total. The molecule has 2 aromatic carbocycles. The number of carbonyl (C=O) groups excluding carboxylic acids is 3. The molecule has 4 rings (SSSR count). The van der Waals surface area contributed by atoms with E-state index in [1.54, 1.807) is 48.5 Å². The second-order valence-electron chi connectivity index (χ2n) is 6.92. The van der Waals surface area contributed by atoms with Crippen molar-refractivity contribution < 1.29 is 33.0 Å². The van der Waals surface area contributed by atoms with Crippen molar-refractivity contribution >= 4 is 29.2 Å². The summed E-state index contributed by atoms with van der Waals surface area (Å²) in [5.74, 6) is -0.485. The molecule has 9 nitrogen and oxygen atoms in total. The highest BCUT2D eigenvalue weighted by atomic mass is 16.6. The molecular formula is C23H20N2O7. The van der Waals surface area contributed by atoms with Crippen LogP contribution in [0.4, 0.5) is 11.4 Å². The lowest BCUT2D eigenvalue weighted by Crippen LogP contribution is -2.16. The van der Waals surface area contributed by atoms with Crippen molar-refractivity contribution in [2.24, 2.45) is 0 Å². The highest BCUT2D eigenvalue weighted by Crippen LogP contribution is 2.43. The Morgan fingerprint density at radius 2 is 1.78 bits per heavy atom. The van der Waals surface area contributed by atoms with Crippen molar-refractivity contribution in [3.63, 3.8) is 0 Å². The van der Waals surface area contributed by atoms with Gasteiger partial charge in [-0.15, -0.1) is 0 Å². The Labute approximate surface area is 183 Å². The fourth-order valence-electron chi connectivity index (χ4n) is 3.48. The van der Waals surface area contributed by atoms with Crippen molar-refractivity contribution in [2.45, 2.75) is 12.5 Å². The number of carbonyl (C=O) groups is 3. The maximum absolute atomic E-state index is 12.6. The van der Waals surface area contributed by atoms with E-state index in [9.17, 15) is 14.4 Å². The smallest absolute Gasteiger partial charge is 0.343 e. The number of benzene rings is 2. The molecule has 0 spiro atoms. The summed E-state index contributed by atoms with van der Waals surface area (Å²) >= 11 is 0. The molecule has 2 amide bonds. The first-order valence-electron chi connectivity index (χ1n) is 9.70. The number of esters is 1. The molecular weight excluding hydrogens is 416 g/mol. The Morgan fingerprint density at radius 1 is 1.00 bits per heavy atom. The number of fused-ring (bicyclic) bond motifs is 1. The average molecular weight is 436 g/mol. The summed E-state index contributed by atoms with van der Waals surface area (Å²) in [4.78, 5) is 37.1. The van der Waals surface area contributed by atoms with Crippen LogP contribution in [0.25, 0.3) is 0 Å². The minimum atomic E-state index is -0.751. The third-order valence-electron chi connectivity index (χ3n) is 4.90. The third kappa shape index (κ3) is 4.13. The van der Waals surface area contributed by atoms with E-state index in [1.807, 2.05) is 0 Å². The van der Waals surface area contributed by atoms with Gasteiger partial charge in [-0.05, 0) is 36.4 Å². The van der Waals surface area contributed by atoms with Gasteiger partial charge in [0.2, 0.25) is 5.91 Å². The Morgan fingerprint density at radius 3 is 2.47 bits per heavy atom. The van der Waals surface area contributed by atoms with Gasteiger partial charge in [0.25, 0.3) is 5.91 Å². The molecule has 3 aromatic rings. The van der Waals surface area contributed by atoms with Crippen LogP contribution in [0, 0.1) is 0 Å². The number of methoxy groups -OCH3 is 2. The van der Waals surface area contributed by atoms with Gasteiger partial charge >= 0.3 is 5.97 Å². The third-order valence-corrected chi connectivity index (χ3v) is 4.90. The summed E-state index contributed by atoms with van der Waals surface area (Å²) in [6, 6.07) is 13.2. The number of hydrogen-bond donors (Lipinski definition) is 2. The van der Waals surface area contributed by atoms with Crippen molar-refractivity contribution in [3.05, 3.63) is 71.7 Å². The van der Waals surface area contributed by atoms with E-state index in [4.69, 9.17) is 18.6 Å². The van der Waals surface area contributed by atoms with Gasteiger partial charge in [0.15, 0.2) is 17.3 Å². The molecule has 164 valence electrons. The lowest BCUT2D eigenvalue weighted by atomic mass is 10.0. The molecule has 1 aliphatic heterocycles. The summed E-state index contributed by atoms with van der Waals surface area (Å²) in [5.41, 5.74) is 1.78. The number of cyclic esters (lactones) is 1. The number of furan rings is 1. The predicted molar refractivity (Wildman–Crippen MR) is 114 cm³/mol. The minimum absolute atomic E-state index is 0.0861. The Bertz CT molecular complexity index is 1170. The van der Waals surface area contributed by atoms with Crippen LogP contribution >= 0.6 is 0 Å². The molecule has 0 saturated heterocycles. The van der Waals surface area contributed by atoms with Gasteiger partial charge in [0.05, 0.1) is 26.9 Å². The molecule has 1 atom stereocenters. The lowest BCUT2D eigenvalue weighted by Gasteiger charge is -2.13. The molecule has 0 radical (unpaired) electrons. The Balaban J connectivity index is 1.44. The minimum Gasteiger partial charge on any atom is -0.493 e. The highest BCUT2D eigenvalue weighted by Gasteiger charge is 2.36. The maximum atomic E-state index is 12.6. The van der Waals surface area contributed by atoms with E-state index in [0.717, 1.165) is 0 Å². The molecule has 1 aliphatic rings. The molecule has 0 fully saturated rings. The van der Waals surface area contributed by atoms with Gasteiger partial charge in [0.1, 0.15) is 11.7 Å². The van der Waals surface area contributed by atoms with Gasteiger partial charge < -0.3 is 29.3 Å². The van der Waals surface area contributed by atoms with Crippen LogP contribution in [0.5, 0.6) is 11.5 Å². The SMILES string of the molecule is COc1ccc2c(c1OC)C(=O)O[C@H]2CC(=O)Nc1cccc(NC(=O)c2ccco2)c1. The van der Waals surface area contributed by atoms with Gasteiger partial charge in [-0.3, -0.25) is 9.59 Å². The van der Waals surface area contributed by atoms with E-state index < -0.39 is 18.0 Å². The second kappa shape index (κ2) is 8.84. The van der Waals surface area contributed by atoms with E-state index in [0.29, 0.717) is 22.7 Å². The van der Waals surface area contributed by atoms with Crippen LogP contribution in [0.1, 0.15) is 39.0 Å². The van der Waals surface area contributed by atoms with E-state index >= 15 is 0 Å². The predicted octanol–water partition coefficient (Wildman–Crippen LogP) is 3.79. The lowest BCUT2D eigenvalue weighted by molar-refractivity contribution is -0.118. The van der Waals surface area contributed by atoms with Gasteiger partial charge in [-0.2, -0.15) is 0 Å². The van der Waals surface area contributed by atoms with Crippen LogP contribution in [0.15, 0.2) is 59.2 Å². The van der Waals surface area contributed by atoms with Crippen LogP contribution in [-0.4, -0.2) is 32.0 Å². The maximum Gasteiger partial charge on any atom is 0.343 e. The van der Waals surface area contributed by atoms with Crippen LogP contribution in [0.2, 0.25) is 0 Å². The standard InChI is InChI=1S/C23H20N2O7/c1-29-16-9-8-15-18(32-23(28)20(15)21(16)30-2)12-19(26)24-13-5-3-6-14(11-13)25-22(27)17-7-4-10-31-17/h3-11,18H,12H2,1-2H3,(H,24,26)(H,25,27)/t18-/m0/s1. The zero-order chi connectivity index (χ0) is 22.7. The fraction of sp³-hybridized carbons (Fsp3) is 0.174. The topological polar surface area (TPSA) is 116 Å². The number of rotatable bonds is 7. The first-order valence-corrected chi connectivity index (χ1v) is 9.70. The van der Waals surface area contributed by atoms with Crippen molar-refractivity contribution in [3.8, 4) is 11.5 Å². The summed E-state index contributed by atoms with van der Waals surface area (Å²) in [6.45, 7) is 0. The van der Waals surface area contributed by atoms with Crippen LogP contribution in [0.3, 0.4) is 0 Å². The van der Waals surface area contributed by atoms with Crippen molar-refractivity contribution in [2.75, 3.05) is 24.9 Å². The molecule has 1 aromatic heterocycles. The molecule has 2 heterocycles. The molecule has 0 bridgehead atoms. The zero-order valence-electron chi connectivity index (χ0n) is 17.3. The number of amides is 2. The van der Waals surface area contributed by atoms with E-state index in [1.165, 1.54) is 20.5 Å². The highest BCUT2D eigenvalue weighted by molar-refractivity contribution is 6.03. The van der Waals surface area contributed by atoms with Gasteiger partial charge in [-0.1, -0.05) is 12.1 Å². The van der Waals surface area contributed by atoms with E-state index in [-0.39, 0.29) is 29.4 Å². The molecule has 0 unspecified atom stereocenters. The quantitative estimate of drug-likeness (QED) is 0.541. The molecule has 0 aliphatic carbocycles. The second-order valence-corrected chi connectivity index (χ2v) is 6.92. The van der Waals surface area contributed by atoms with Crippen LogP contribution < -0.4 is 20.1 Å². The summed E-state index contributed by atoms with van der Waals surface area (Å²) in [7, 11) is 2.91. The number of hydrogen-bond acceptors (Lipinski definition) is 7. The Hall–Kier alpha value is -4.27. The number of anilines is 2. The van der Waals surface area contributed by atoms with Crippen LogP contribution in [-0.2, 0) is 9.53 Å². The summed E-state index contributed by atoms with van der Waals surface area (Å²) in [6.07, 6.45) is 0.571. The molecule has 9 heteroatoms. The van der Waals surface area contributed by atoms with Crippen molar-refractivity contribution in [1.82, 2.24) is 0 Å². The zero-order valence-corrected chi connectivity index (χ0v) is 17.3. The molecule has 0 saturated carbocycles. The number of nitrogens with one attached hydrogen (secondary N) is 2. The summed E-state index contributed by atoms with van der Waals surface area (Å²) in [5, 5.41) is 5.45. The first-order chi connectivity index (χ1) is 15.5. The van der Waals surface area contributed by atoms with Crippen molar-refractivity contribution in [1.29, 1.82) is 0 Å². The monoisotopic (exact) mass is 436 g/mol. The molecule has 32 heavy (non-hydrogen) atoms. The largest absolute Gasteiger partial charge is 0.493 e. The number of ether oxygens (including phenoxy) is 3. The Kier molecular flexibility index (Phi) is 5.80. The fourth-order valence-corrected chi connectivity index (χ4v) is 3.48. The summed E-state index contributed by atoms with van der Waals surface area (Å²) < 4.78 is 21.0. The van der Waals surface area contributed by atoms with E-state index in [2.05, 4.69) is 10.6 Å². The normalized spacial score (nSPS) is 14.3. The first kappa shape index (κ1) is 21.0. The van der Waals surface area contributed by atoms with Gasteiger partial charge in [-0.25, -0.2) is 4.79 Å². The average Bonchev–Trinajstić information content (AvgIpc) is 3.42. The van der Waals surface area contributed by atoms with Gasteiger partial charge in [0, 0.05) is 16.9 Å².